The van der Waals surface area contributed by atoms with E-state index in [1.807, 2.05) is 6.07 Å². The molecule has 4 nitrogen and oxygen atoms in total. The maximum Gasteiger partial charge on any atom is 0.161 e. The predicted octanol–water partition coefficient (Wildman–Crippen LogP) is 4.40. The molecule has 1 fully saturated rings. The molecule has 0 bridgehead atoms. The van der Waals surface area contributed by atoms with Crippen LogP contribution in [0.3, 0.4) is 0 Å². The van der Waals surface area contributed by atoms with E-state index in [-0.39, 0.29) is 0 Å². The molecule has 0 aliphatic carbocycles. The molecule has 0 unspecified atom stereocenters. The van der Waals surface area contributed by atoms with Crippen molar-refractivity contribution in [2.45, 2.75) is 32.7 Å². The van der Waals surface area contributed by atoms with Gasteiger partial charge in [0.05, 0.1) is 14.2 Å². The Morgan fingerprint density at radius 2 is 1.86 bits per heavy atom. The molecule has 158 valence electrons. The van der Waals surface area contributed by atoms with Gasteiger partial charge >= 0.3 is 0 Å². The van der Waals surface area contributed by atoms with E-state index in [2.05, 4.69) is 60.2 Å². The number of rotatable bonds is 9. The van der Waals surface area contributed by atoms with Crippen LogP contribution in [-0.4, -0.2) is 57.2 Å². The third-order valence-electron chi connectivity index (χ3n) is 6.03. The van der Waals surface area contributed by atoms with Crippen molar-refractivity contribution in [2.24, 2.45) is 5.92 Å². The fraction of sp³-hybridized carbons (Fsp3) is 0.520. The zero-order valence-electron chi connectivity index (χ0n) is 18.5. The van der Waals surface area contributed by atoms with Crippen molar-refractivity contribution in [3.8, 4) is 11.5 Å². The van der Waals surface area contributed by atoms with Crippen LogP contribution in [0.15, 0.2) is 42.5 Å². The molecular weight excluding hydrogens is 360 g/mol. The van der Waals surface area contributed by atoms with Crippen LogP contribution in [0, 0.1) is 12.8 Å². The van der Waals surface area contributed by atoms with Crippen LogP contribution in [0.5, 0.6) is 11.5 Å². The minimum absolute atomic E-state index is 0.741. The van der Waals surface area contributed by atoms with Crippen molar-refractivity contribution in [1.29, 1.82) is 0 Å². The molecule has 0 radical (unpaired) electrons. The van der Waals surface area contributed by atoms with E-state index in [4.69, 9.17) is 9.47 Å². The van der Waals surface area contributed by atoms with Gasteiger partial charge in [-0.05, 0) is 74.5 Å². The van der Waals surface area contributed by atoms with Gasteiger partial charge in [-0.25, -0.2) is 0 Å². The molecule has 29 heavy (non-hydrogen) atoms. The van der Waals surface area contributed by atoms with Crippen LogP contribution >= 0.6 is 0 Å². The topological polar surface area (TPSA) is 24.9 Å². The van der Waals surface area contributed by atoms with Gasteiger partial charge in [-0.2, -0.15) is 0 Å². The van der Waals surface area contributed by atoms with Gasteiger partial charge in [-0.1, -0.05) is 30.3 Å². The number of likely N-dealkylation sites (tertiary alicyclic amines) is 1. The average molecular weight is 397 g/mol. The van der Waals surface area contributed by atoms with Crippen molar-refractivity contribution in [3.05, 3.63) is 59.2 Å². The maximum atomic E-state index is 5.44. The van der Waals surface area contributed by atoms with Crippen LogP contribution in [0.2, 0.25) is 0 Å². The van der Waals surface area contributed by atoms with Gasteiger partial charge in [-0.3, -0.25) is 0 Å². The third kappa shape index (κ3) is 6.22. The first kappa shape index (κ1) is 21.7. The first-order valence-electron chi connectivity index (χ1n) is 10.8. The largest absolute Gasteiger partial charge is 0.493 e. The van der Waals surface area contributed by atoms with E-state index in [9.17, 15) is 0 Å². The monoisotopic (exact) mass is 396 g/mol. The highest BCUT2D eigenvalue weighted by atomic mass is 16.5. The number of aryl methyl sites for hydroxylation is 1. The summed E-state index contributed by atoms with van der Waals surface area (Å²) in [6, 6.07) is 15.0. The minimum atomic E-state index is 0.741. The Morgan fingerprint density at radius 1 is 1.07 bits per heavy atom. The average Bonchev–Trinajstić information content (AvgIpc) is 2.73. The summed E-state index contributed by atoms with van der Waals surface area (Å²) in [5.74, 6) is 2.33. The van der Waals surface area contributed by atoms with Gasteiger partial charge in [-0.15, -0.1) is 0 Å². The number of benzene rings is 2. The molecular formula is C25H36N2O2. The molecule has 0 aromatic heterocycles. The summed E-state index contributed by atoms with van der Waals surface area (Å²) in [7, 11) is 5.60. The first-order chi connectivity index (χ1) is 14.1. The van der Waals surface area contributed by atoms with Crippen LogP contribution in [0.1, 0.15) is 29.5 Å². The van der Waals surface area contributed by atoms with E-state index in [1.165, 1.54) is 49.2 Å². The Morgan fingerprint density at radius 3 is 2.62 bits per heavy atom. The Bertz CT molecular complexity index is 777. The summed E-state index contributed by atoms with van der Waals surface area (Å²) in [5, 5.41) is 0. The normalized spacial score (nSPS) is 17.5. The molecule has 1 heterocycles. The van der Waals surface area contributed by atoms with Crippen LogP contribution < -0.4 is 9.47 Å². The van der Waals surface area contributed by atoms with Gasteiger partial charge in [0.25, 0.3) is 0 Å². The van der Waals surface area contributed by atoms with Crippen molar-refractivity contribution >= 4 is 0 Å². The Kier molecular flexibility index (Phi) is 7.96. The second-order valence-corrected chi connectivity index (χ2v) is 8.37. The fourth-order valence-electron chi connectivity index (χ4n) is 4.47. The van der Waals surface area contributed by atoms with Crippen LogP contribution in [-0.2, 0) is 13.0 Å². The number of piperidine rings is 1. The maximum absolute atomic E-state index is 5.44. The van der Waals surface area contributed by atoms with Gasteiger partial charge in [0.2, 0.25) is 0 Å². The number of methoxy groups -OCH3 is 2. The lowest BCUT2D eigenvalue weighted by Crippen LogP contribution is -2.40. The van der Waals surface area contributed by atoms with Crippen molar-refractivity contribution < 1.29 is 9.47 Å². The second kappa shape index (κ2) is 10.7. The highest BCUT2D eigenvalue weighted by Crippen LogP contribution is 2.28. The lowest BCUT2D eigenvalue weighted by atomic mass is 9.96. The summed E-state index contributed by atoms with van der Waals surface area (Å²) in [5.41, 5.74) is 4.16. The molecule has 0 saturated carbocycles. The number of ether oxygens (including phenoxy) is 2. The minimum Gasteiger partial charge on any atom is -0.493 e. The lowest BCUT2D eigenvalue weighted by Gasteiger charge is -2.35. The second-order valence-electron chi connectivity index (χ2n) is 8.37. The molecule has 1 aliphatic heterocycles. The lowest BCUT2D eigenvalue weighted by molar-refractivity contribution is 0.142. The smallest absolute Gasteiger partial charge is 0.161 e. The van der Waals surface area contributed by atoms with E-state index in [0.717, 1.165) is 36.9 Å². The van der Waals surface area contributed by atoms with Crippen molar-refractivity contribution in [3.63, 3.8) is 0 Å². The Hall–Kier alpha value is -2.04. The zero-order chi connectivity index (χ0) is 20.6. The summed E-state index contributed by atoms with van der Waals surface area (Å²) in [4.78, 5) is 5.10. The van der Waals surface area contributed by atoms with E-state index < -0.39 is 0 Å². The molecule has 2 aromatic rings. The predicted molar refractivity (Wildman–Crippen MR) is 120 cm³/mol. The van der Waals surface area contributed by atoms with Crippen LogP contribution in [0.25, 0.3) is 0 Å². The van der Waals surface area contributed by atoms with E-state index in [1.54, 1.807) is 14.2 Å². The summed E-state index contributed by atoms with van der Waals surface area (Å²) in [6.07, 6.45) is 3.79. The molecule has 0 spiro atoms. The molecule has 1 saturated heterocycles. The van der Waals surface area contributed by atoms with Gasteiger partial charge in [0.1, 0.15) is 0 Å². The van der Waals surface area contributed by atoms with Crippen molar-refractivity contribution in [2.75, 3.05) is 47.4 Å². The molecule has 3 rings (SSSR count). The highest BCUT2D eigenvalue weighted by molar-refractivity contribution is 5.42. The van der Waals surface area contributed by atoms with Gasteiger partial charge in [0, 0.05) is 26.2 Å². The van der Waals surface area contributed by atoms with Crippen molar-refractivity contribution in [1.82, 2.24) is 9.80 Å². The van der Waals surface area contributed by atoms with E-state index >= 15 is 0 Å². The number of hydrogen-bond acceptors (Lipinski definition) is 4. The number of hydrogen-bond donors (Lipinski definition) is 0. The van der Waals surface area contributed by atoms with Gasteiger partial charge in [0.15, 0.2) is 11.5 Å². The van der Waals surface area contributed by atoms with Crippen LogP contribution in [0.4, 0.5) is 0 Å². The quantitative estimate of drug-likeness (QED) is 0.627. The fourth-order valence-corrected chi connectivity index (χ4v) is 4.47. The standard InChI is InChI=1S/C25H36N2O2/c1-20-8-5-6-10-23(20)13-15-27-14-7-9-22(19-27)18-26(2)17-21-11-12-24(28-3)25(16-21)29-4/h5-6,8,10-12,16,22H,7,9,13-15,17-19H2,1-4H3/t22-/m0/s1. The SMILES string of the molecule is COc1ccc(CN(C)C[C@@H]2CCCN(CCc3ccccc3C)C2)cc1OC. The molecule has 0 amide bonds. The highest BCUT2D eigenvalue weighted by Gasteiger charge is 2.21. The number of nitrogens with zero attached hydrogens (tertiary/aromatic N) is 2. The summed E-state index contributed by atoms with van der Waals surface area (Å²) < 4.78 is 10.8. The molecule has 2 aromatic carbocycles. The summed E-state index contributed by atoms with van der Waals surface area (Å²) >= 11 is 0. The molecule has 1 aliphatic rings. The Labute approximate surface area is 176 Å². The third-order valence-corrected chi connectivity index (χ3v) is 6.03. The van der Waals surface area contributed by atoms with Gasteiger partial charge < -0.3 is 19.3 Å². The zero-order valence-corrected chi connectivity index (χ0v) is 18.5. The first-order valence-corrected chi connectivity index (χ1v) is 10.8. The molecule has 1 atom stereocenters. The Balaban J connectivity index is 1.49. The van der Waals surface area contributed by atoms with E-state index in [0.29, 0.717) is 0 Å². The summed E-state index contributed by atoms with van der Waals surface area (Å²) in [6.45, 7) is 7.90. The molecule has 0 N–H and O–H groups in total. The molecule has 4 heteroatoms.